The lowest BCUT2D eigenvalue weighted by Crippen LogP contribution is -2.16. The fourth-order valence-corrected chi connectivity index (χ4v) is 2.83. The monoisotopic (exact) mass is 418 g/mol. The quantitative estimate of drug-likeness (QED) is 0.427. The maximum absolute atomic E-state index is 13.4. The Bertz CT molecular complexity index is 1170. The van der Waals surface area contributed by atoms with Gasteiger partial charge in [0.05, 0.1) is 6.54 Å². The highest BCUT2D eigenvalue weighted by atomic mass is 19.4. The maximum Gasteiger partial charge on any atom is 0.573 e. The molecular weight excluding hydrogens is 404 g/mol. The summed E-state index contributed by atoms with van der Waals surface area (Å²) in [4.78, 5) is 4.25. The van der Waals surface area contributed by atoms with Crippen molar-refractivity contribution < 1.29 is 26.8 Å². The molecule has 10 heteroatoms. The van der Waals surface area contributed by atoms with Crippen LogP contribution in [0.2, 0.25) is 0 Å². The van der Waals surface area contributed by atoms with Gasteiger partial charge in [0.25, 0.3) is 5.89 Å². The lowest BCUT2D eigenvalue weighted by atomic mass is 10.2. The molecule has 0 aliphatic carbocycles. The van der Waals surface area contributed by atoms with Crippen LogP contribution in [-0.4, -0.2) is 26.3 Å². The zero-order valence-electron chi connectivity index (χ0n) is 15.5. The van der Waals surface area contributed by atoms with Crippen LogP contribution in [0.5, 0.6) is 5.75 Å². The molecule has 2 aromatic carbocycles. The first-order valence-electron chi connectivity index (χ1n) is 8.76. The van der Waals surface area contributed by atoms with Crippen molar-refractivity contribution in [1.82, 2.24) is 19.9 Å². The van der Waals surface area contributed by atoms with E-state index >= 15 is 0 Å². The van der Waals surface area contributed by atoms with E-state index < -0.39 is 6.36 Å². The van der Waals surface area contributed by atoms with E-state index in [1.54, 1.807) is 22.9 Å². The van der Waals surface area contributed by atoms with Crippen LogP contribution < -0.4 is 4.74 Å². The van der Waals surface area contributed by atoms with E-state index in [-0.39, 0.29) is 23.3 Å². The Morgan fingerprint density at radius 2 is 1.83 bits per heavy atom. The Morgan fingerprint density at radius 1 is 1.07 bits per heavy atom. The second-order valence-corrected chi connectivity index (χ2v) is 6.45. The molecule has 2 aromatic heterocycles. The Kier molecular flexibility index (Phi) is 4.98. The Morgan fingerprint density at radius 3 is 2.53 bits per heavy atom. The summed E-state index contributed by atoms with van der Waals surface area (Å²) in [5, 5.41) is 8.27. The molecule has 30 heavy (non-hydrogen) atoms. The summed E-state index contributed by atoms with van der Waals surface area (Å²) < 4.78 is 60.9. The van der Waals surface area contributed by atoms with E-state index in [0.29, 0.717) is 17.8 Å². The van der Waals surface area contributed by atoms with Gasteiger partial charge in [0.1, 0.15) is 11.6 Å². The van der Waals surface area contributed by atoms with E-state index in [1.165, 1.54) is 24.3 Å². The first-order valence-corrected chi connectivity index (χ1v) is 8.76. The number of hydrogen-bond donors (Lipinski definition) is 0. The Labute approximate surface area is 167 Å². The number of hydrogen-bond acceptors (Lipinski definition) is 5. The number of aromatic nitrogens is 4. The zero-order chi connectivity index (χ0) is 21.3. The second-order valence-electron chi connectivity index (χ2n) is 6.45. The maximum atomic E-state index is 13.4. The molecule has 0 saturated heterocycles. The highest BCUT2D eigenvalue weighted by molar-refractivity contribution is 5.58. The summed E-state index contributed by atoms with van der Waals surface area (Å²) >= 11 is 0. The number of nitrogens with zero attached hydrogens (tertiary/aromatic N) is 4. The van der Waals surface area contributed by atoms with Gasteiger partial charge in [-0.2, -0.15) is 10.1 Å². The van der Waals surface area contributed by atoms with Gasteiger partial charge in [-0.25, -0.2) is 4.39 Å². The van der Waals surface area contributed by atoms with Crippen LogP contribution in [0.4, 0.5) is 17.6 Å². The minimum Gasteiger partial charge on any atom is -0.406 e. The van der Waals surface area contributed by atoms with Crippen molar-refractivity contribution in [1.29, 1.82) is 0 Å². The molecule has 2 heterocycles. The normalized spacial score (nSPS) is 11.6. The van der Waals surface area contributed by atoms with Crippen LogP contribution in [0.1, 0.15) is 11.3 Å². The molecule has 0 N–H and O–H groups in total. The average Bonchev–Trinajstić information content (AvgIpc) is 3.29. The molecule has 0 fully saturated rings. The summed E-state index contributed by atoms with van der Waals surface area (Å²) in [5.41, 5.74) is 2.44. The number of alkyl halides is 3. The van der Waals surface area contributed by atoms with E-state index in [4.69, 9.17) is 4.52 Å². The topological polar surface area (TPSA) is 66.0 Å². The highest BCUT2D eigenvalue weighted by Crippen LogP contribution is 2.27. The second kappa shape index (κ2) is 7.62. The van der Waals surface area contributed by atoms with Gasteiger partial charge in [0, 0.05) is 11.3 Å². The third kappa shape index (κ3) is 4.48. The predicted octanol–water partition coefficient (Wildman–Crippen LogP) is 4.99. The molecule has 0 aliphatic rings. The van der Waals surface area contributed by atoms with Crippen LogP contribution in [0.25, 0.3) is 23.0 Å². The van der Waals surface area contributed by atoms with E-state index in [9.17, 15) is 17.6 Å². The van der Waals surface area contributed by atoms with Gasteiger partial charge in [-0.1, -0.05) is 17.3 Å². The molecule has 0 atom stereocenters. The molecule has 0 aliphatic heterocycles. The van der Waals surface area contributed by atoms with E-state index in [1.807, 2.05) is 6.92 Å². The molecule has 0 unspecified atom stereocenters. The van der Waals surface area contributed by atoms with Crippen molar-refractivity contribution in [3.05, 3.63) is 71.7 Å². The molecule has 0 saturated carbocycles. The third-order valence-corrected chi connectivity index (χ3v) is 4.19. The van der Waals surface area contributed by atoms with Crippen LogP contribution in [0, 0.1) is 12.7 Å². The first kappa shape index (κ1) is 19.6. The summed E-state index contributed by atoms with van der Waals surface area (Å²) in [5.74, 6) is -0.324. The van der Waals surface area contributed by atoms with Crippen LogP contribution in [-0.2, 0) is 6.54 Å². The summed E-state index contributed by atoms with van der Waals surface area (Å²) in [6, 6.07) is 13.1. The summed E-state index contributed by atoms with van der Waals surface area (Å²) in [6.45, 7) is 2.21. The third-order valence-electron chi connectivity index (χ3n) is 4.19. The number of benzene rings is 2. The van der Waals surface area contributed by atoms with Crippen molar-refractivity contribution in [2.24, 2.45) is 0 Å². The standard InChI is InChI=1S/C20H14F4N4O2/c1-12-9-17(26-28(12)11-13-3-2-4-15(21)10-13)19-25-18(27-30-19)14-5-7-16(8-6-14)29-20(22,23)24/h2-10H,11H2,1H3. The smallest absolute Gasteiger partial charge is 0.406 e. The van der Waals surface area contributed by atoms with Crippen molar-refractivity contribution in [3.8, 4) is 28.7 Å². The van der Waals surface area contributed by atoms with Crippen molar-refractivity contribution in [2.75, 3.05) is 0 Å². The molecule has 6 nitrogen and oxygen atoms in total. The van der Waals surface area contributed by atoms with Gasteiger partial charge >= 0.3 is 6.36 Å². The molecular formula is C20H14F4N4O2. The minimum atomic E-state index is -4.76. The lowest BCUT2D eigenvalue weighted by molar-refractivity contribution is -0.274. The van der Waals surface area contributed by atoms with Crippen molar-refractivity contribution in [3.63, 3.8) is 0 Å². The summed E-state index contributed by atoms with van der Waals surface area (Å²) in [7, 11) is 0. The minimum absolute atomic E-state index is 0.154. The van der Waals surface area contributed by atoms with Gasteiger partial charge in [-0.05, 0) is 55.0 Å². The van der Waals surface area contributed by atoms with Crippen LogP contribution in [0.15, 0.2) is 59.1 Å². The Hall–Kier alpha value is -3.69. The molecule has 0 spiro atoms. The van der Waals surface area contributed by atoms with E-state index in [0.717, 1.165) is 23.4 Å². The van der Waals surface area contributed by atoms with Crippen LogP contribution >= 0.6 is 0 Å². The SMILES string of the molecule is Cc1cc(-c2nc(-c3ccc(OC(F)(F)F)cc3)no2)nn1Cc1cccc(F)c1. The fourth-order valence-electron chi connectivity index (χ4n) is 2.83. The zero-order valence-corrected chi connectivity index (χ0v) is 15.5. The number of halogens is 4. The van der Waals surface area contributed by atoms with Crippen molar-refractivity contribution in [2.45, 2.75) is 19.8 Å². The summed E-state index contributed by atoms with van der Waals surface area (Å²) in [6.07, 6.45) is -4.76. The van der Waals surface area contributed by atoms with Gasteiger partial charge in [0.2, 0.25) is 5.82 Å². The highest BCUT2D eigenvalue weighted by Gasteiger charge is 2.31. The molecule has 4 aromatic rings. The average molecular weight is 418 g/mol. The largest absolute Gasteiger partial charge is 0.573 e. The molecule has 0 amide bonds. The van der Waals surface area contributed by atoms with Gasteiger partial charge < -0.3 is 9.26 Å². The number of rotatable bonds is 5. The number of ether oxygens (including phenoxy) is 1. The van der Waals surface area contributed by atoms with Crippen LogP contribution in [0.3, 0.4) is 0 Å². The van der Waals surface area contributed by atoms with E-state index in [2.05, 4.69) is 20.0 Å². The van der Waals surface area contributed by atoms with Gasteiger partial charge in [-0.3, -0.25) is 4.68 Å². The molecule has 0 bridgehead atoms. The molecule has 154 valence electrons. The lowest BCUT2D eigenvalue weighted by Gasteiger charge is -2.08. The fraction of sp³-hybridized carbons (Fsp3) is 0.150. The van der Waals surface area contributed by atoms with Crippen molar-refractivity contribution >= 4 is 0 Å². The molecule has 0 radical (unpaired) electrons. The van der Waals surface area contributed by atoms with Gasteiger partial charge in [-0.15, -0.1) is 13.2 Å². The van der Waals surface area contributed by atoms with Gasteiger partial charge in [0.15, 0.2) is 5.69 Å². The first-order chi connectivity index (χ1) is 14.3. The predicted molar refractivity (Wildman–Crippen MR) is 97.9 cm³/mol. The Balaban J connectivity index is 1.53. The number of aryl methyl sites for hydroxylation is 1. The molecule has 4 rings (SSSR count).